The molecule has 4 aromatic rings. The molecule has 2 aromatic carbocycles. The number of esters is 2. The number of fused-ring (bicyclic) bond motifs is 2. The number of ether oxygens (including phenoxy) is 4. The van der Waals surface area contributed by atoms with Crippen LogP contribution in [0.25, 0.3) is 21.8 Å². The molecule has 0 aliphatic heterocycles. The van der Waals surface area contributed by atoms with E-state index >= 15 is 0 Å². The zero-order valence-electron chi connectivity index (χ0n) is 32.5. The molecule has 10 nitrogen and oxygen atoms in total. The van der Waals surface area contributed by atoms with E-state index in [4.69, 9.17) is 18.9 Å². The summed E-state index contributed by atoms with van der Waals surface area (Å²) in [5.74, 6) is 0.192. The Labute approximate surface area is 458 Å². The molecule has 0 saturated heterocycles. The third kappa shape index (κ3) is 21.5. The molecule has 0 spiro atoms. The minimum atomic E-state index is -0.424. The predicted molar refractivity (Wildman–Crippen MR) is 242 cm³/mol. The molecule has 0 amide bonds. The van der Waals surface area contributed by atoms with Gasteiger partial charge >= 0.3 is 74.2 Å². The molecular formula is C36H60Br2N2O8P4U4-2. The Bertz CT molecular complexity index is 1650. The van der Waals surface area contributed by atoms with Gasteiger partial charge in [0, 0.05) is 104 Å². The van der Waals surface area contributed by atoms with Crippen molar-refractivity contribution in [3.8, 4) is 11.5 Å². The molecule has 0 aliphatic rings. The smallest absolute Gasteiger partial charge is 0.522 e. The minimum absolute atomic E-state index is 0. The van der Waals surface area contributed by atoms with Gasteiger partial charge in [-0.25, -0.2) is 9.59 Å². The second kappa shape index (κ2) is 44.5. The summed E-state index contributed by atoms with van der Waals surface area (Å²) in [6.45, 7) is 19.0. The summed E-state index contributed by atoms with van der Waals surface area (Å²) in [5, 5.41) is 20.6. The van der Waals surface area contributed by atoms with Crippen LogP contribution in [0.3, 0.4) is 0 Å². The summed E-state index contributed by atoms with van der Waals surface area (Å²) >= 11 is 6.93. The maximum absolute atomic E-state index is 11.8. The van der Waals surface area contributed by atoms with Gasteiger partial charge in [0.05, 0.1) is 45.0 Å². The third-order valence-electron chi connectivity index (χ3n) is 6.52. The fourth-order valence-electron chi connectivity index (χ4n) is 4.41. The molecule has 20 heteroatoms. The zero-order chi connectivity index (χ0) is 38.6. The Balaban J connectivity index is -0.0000000830. The summed E-state index contributed by atoms with van der Waals surface area (Å²) in [5.41, 5.74) is 4.55. The molecule has 0 bridgehead atoms. The van der Waals surface area contributed by atoms with Gasteiger partial charge in [0.1, 0.15) is 17.1 Å². The number of aliphatic hydroxyl groups is 2. The number of hydrogen-bond acceptors (Lipinski definition) is 8. The van der Waals surface area contributed by atoms with Crippen LogP contribution in [-0.4, -0.2) is 73.1 Å². The normalized spacial score (nSPS) is 8.62. The van der Waals surface area contributed by atoms with Gasteiger partial charge in [-0.05, 0) is 37.9 Å². The summed E-state index contributed by atoms with van der Waals surface area (Å²) in [4.78, 5) is 23.5. The number of nitrogens with zero attached hydrogens (tertiary/aromatic N) is 2. The van der Waals surface area contributed by atoms with Crippen molar-refractivity contribution in [3.63, 3.8) is 0 Å². The van der Waals surface area contributed by atoms with Crippen molar-refractivity contribution in [2.75, 3.05) is 41.8 Å². The number of aliphatic hydroxyl groups excluding tert-OH is 2. The van der Waals surface area contributed by atoms with Crippen LogP contribution >= 0.6 is 67.5 Å². The number of rotatable bonds is 6. The van der Waals surface area contributed by atoms with E-state index in [1.54, 1.807) is 35.4 Å². The number of methoxy groups -OCH3 is 4. The summed E-state index contributed by atoms with van der Waals surface area (Å²) in [6, 6.07) is 6.54. The molecular weight excluding hydrogens is 1820 g/mol. The van der Waals surface area contributed by atoms with E-state index in [1.165, 1.54) is 28.4 Å². The topological polar surface area (TPSA) is 121 Å². The van der Waals surface area contributed by atoms with E-state index in [0.717, 1.165) is 35.9 Å². The second-order valence-electron chi connectivity index (χ2n) is 9.01. The molecule has 0 aliphatic carbocycles. The van der Waals surface area contributed by atoms with Gasteiger partial charge in [-0.3, -0.25) is 8.58 Å². The Morgan fingerprint density at radius 3 is 1.54 bits per heavy atom. The van der Waals surface area contributed by atoms with Crippen molar-refractivity contribution in [3.05, 3.63) is 89.3 Å². The van der Waals surface area contributed by atoms with Gasteiger partial charge in [-0.1, -0.05) is 52.3 Å². The summed E-state index contributed by atoms with van der Waals surface area (Å²) < 4.78 is 24.9. The van der Waals surface area contributed by atoms with Gasteiger partial charge in [0.25, 0.3) is 0 Å². The van der Waals surface area contributed by atoms with E-state index < -0.39 is 11.9 Å². The molecule has 56 heavy (non-hydrogen) atoms. The summed E-state index contributed by atoms with van der Waals surface area (Å²) in [6.07, 6.45) is 0. The van der Waals surface area contributed by atoms with Crippen LogP contribution in [0.1, 0.15) is 52.5 Å². The number of halogens is 2. The fraction of sp³-hybridized carbons (Fsp3) is 0.361. The average molecular weight is 1880 g/mol. The van der Waals surface area contributed by atoms with E-state index in [0.29, 0.717) is 51.5 Å². The largest absolute Gasteiger partial charge is 2.00 e. The molecule has 314 valence electrons. The molecule has 3 unspecified atom stereocenters. The van der Waals surface area contributed by atoms with Gasteiger partial charge in [-0.2, -0.15) is 0 Å². The molecule has 2 heterocycles. The van der Waals surface area contributed by atoms with Crippen molar-refractivity contribution in [1.29, 1.82) is 0 Å². The van der Waals surface area contributed by atoms with Gasteiger partial charge in [0.2, 0.25) is 0 Å². The molecule has 2 N–H and O–H groups in total. The van der Waals surface area contributed by atoms with Crippen LogP contribution in [0.5, 0.6) is 11.5 Å². The fourth-order valence-corrected chi connectivity index (χ4v) is 5.90. The maximum Gasteiger partial charge on any atom is 2.00 e. The van der Waals surface area contributed by atoms with Crippen molar-refractivity contribution < 1.29 is 163 Å². The second-order valence-corrected chi connectivity index (χ2v) is 11.8. The van der Waals surface area contributed by atoms with Crippen molar-refractivity contribution in [2.24, 2.45) is 14.1 Å². The number of aryl methyl sites for hydroxylation is 3. The van der Waals surface area contributed by atoms with Gasteiger partial charge < -0.3 is 90.2 Å². The number of carbonyl (C=O) groups excluding carboxylic acids is 2. The first-order valence-corrected chi connectivity index (χ1v) is 20.7. The molecule has 4 rings (SSSR count). The van der Waals surface area contributed by atoms with Gasteiger partial charge in [-0.15, -0.1) is 26.3 Å². The minimum Gasteiger partial charge on any atom is -0.522 e. The average Bonchev–Trinajstić information content (AvgIpc) is 3.65. The monoisotopic (exact) mass is 1880 g/mol. The summed E-state index contributed by atoms with van der Waals surface area (Å²) in [7, 11) is 15.3. The maximum atomic E-state index is 11.8. The Morgan fingerprint density at radius 1 is 0.821 bits per heavy atom. The van der Waals surface area contributed by atoms with E-state index in [1.807, 2.05) is 20.3 Å². The first-order chi connectivity index (χ1) is 23.3. The number of carbonyl (C=O) groups is 2. The predicted octanol–water partition coefficient (Wildman–Crippen LogP) is 9.77. The zero-order valence-corrected chi connectivity index (χ0v) is 56.7. The Hall–Kier alpha value is 2.87. The van der Waals surface area contributed by atoms with Gasteiger partial charge in [0.15, 0.2) is 0 Å². The van der Waals surface area contributed by atoms with Crippen LogP contribution < -0.4 is 9.47 Å². The first kappa shape index (κ1) is 79.3. The Kier molecular flexibility index (Phi) is 63.0. The standard InChI is InChI=1S/C14H16NO4.C13H13Br2NO4.C2H6P.C2H5P.CH5P.CH4P.2CH4.CH3.4U/c1-8-9-5-12(14(17)19-4)15(2)11(9)6-13(18-3)10(8)7-16;1-16-8(13(18)20-3)4-6-9(14)7(5-17)12(19-2)10(15)11(6)16;2*1-3-2;2*1-2;;;;;;;/h5,16H,7H2,1-4H3;4,17H,5H2,1-3H3;3H,1H2,2H3;3H,1-2H2;2H2,1H3;1-2H2;2*1H4;1H3;;;;/q-1;;-1;-2;;-1;;;-1;;;2*+2. The molecule has 0 fully saturated rings. The Morgan fingerprint density at radius 2 is 1.20 bits per heavy atom. The number of aromatic nitrogens is 2. The van der Waals surface area contributed by atoms with Crippen molar-refractivity contribution >= 4 is 101 Å². The number of benzene rings is 2. The van der Waals surface area contributed by atoms with Crippen LogP contribution in [0, 0.1) is 172 Å². The number of hydrogen-bond donors (Lipinski definition) is 2. The molecule has 0 saturated carbocycles. The first-order valence-electron chi connectivity index (χ1n) is 14.1. The van der Waals surface area contributed by atoms with Crippen molar-refractivity contribution in [2.45, 2.75) is 35.0 Å². The van der Waals surface area contributed by atoms with Crippen LogP contribution in [0.4, 0.5) is 0 Å². The molecule has 2 aromatic heterocycles. The third-order valence-corrected chi connectivity index (χ3v) is 8.17. The van der Waals surface area contributed by atoms with E-state index in [2.05, 4.69) is 83.1 Å². The van der Waals surface area contributed by atoms with Crippen LogP contribution in [0.2, 0.25) is 0 Å². The van der Waals surface area contributed by atoms with E-state index in [9.17, 15) is 19.8 Å². The molecule has 0 radical (unpaired) electrons. The van der Waals surface area contributed by atoms with Crippen LogP contribution in [-0.2, 0) is 36.8 Å². The SMILES string of the molecule is C.C.COC(=O)c1cc2c(Br)c(CO)c(OC)c(Br)c2n1C.COC(=O)c1cc2c(C)c(CO)c(OC)[c-]c2n1C.CP.[CH2-]P.[CH2-]PC.[CH2-]P[CH2-].[CH3-].[U+2].[U+2].[U].[U]. The molecule has 3 atom stereocenters. The van der Waals surface area contributed by atoms with Crippen molar-refractivity contribution in [1.82, 2.24) is 9.13 Å². The van der Waals surface area contributed by atoms with Crippen LogP contribution in [0.15, 0.2) is 21.1 Å². The van der Waals surface area contributed by atoms with E-state index in [-0.39, 0.29) is 160 Å². The quantitative estimate of drug-likeness (QED) is 0.111.